The Morgan fingerprint density at radius 2 is 1.47 bits per heavy atom. The van der Waals surface area contributed by atoms with Crippen molar-refractivity contribution in [2.45, 2.75) is 9.79 Å². The lowest BCUT2D eigenvalue weighted by molar-refractivity contribution is 0.0962. The van der Waals surface area contributed by atoms with Crippen LogP contribution in [-0.2, 0) is 0 Å². The van der Waals surface area contributed by atoms with Gasteiger partial charge in [0.1, 0.15) is 17.2 Å². The number of aromatic nitrogens is 2. The first-order valence-corrected chi connectivity index (χ1v) is 11.5. The first-order valence-electron chi connectivity index (χ1n) is 10.7. The van der Waals surface area contributed by atoms with Gasteiger partial charge in [-0.05, 0) is 42.5 Å². The smallest absolute Gasteiger partial charge is 0.269 e. The van der Waals surface area contributed by atoms with Crippen molar-refractivity contribution in [3.05, 3.63) is 103 Å². The molecule has 0 radical (unpaired) electrons. The highest BCUT2D eigenvalue weighted by atomic mass is 32.2. The standard InChI is InChI=1S/C27H18N4O2S/c32-27(17-8-2-1-3-9-17)31-30-26-20-11-5-4-10-19(20)25(28-29-26)18-14-15-22-24(16-18)34-23-13-7-6-12-21(23)33-22/h1-16H,(H,29,30)(H,31,32). The van der Waals surface area contributed by atoms with Gasteiger partial charge in [0, 0.05) is 21.9 Å². The van der Waals surface area contributed by atoms with Crippen molar-refractivity contribution in [1.82, 2.24) is 15.6 Å². The van der Waals surface area contributed by atoms with Crippen LogP contribution in [0.25, 0.3) is 22.0 Å². The molecule has 7 heteroatoms. The number of hydrogen-bond donors (Lipinski definition) is 2. The number of fused-ring (bicyclic) bond motifs is 3. The van der Waals surface area contributed by atoms with Crippen LogP contribution in [0.5, 0.6) is 11.5 Å². The number of carbonyl (C=O) groups is 1. The van der Waals surface area contributed by atoms with Crippen LogP contribution in [0.3, 0.4) is 0 Å². The highest BCUT2D eigenvalue weighted by Gasteiger charge is 2.19. The van der Waals surface area contributed by atoms with Gasteiger partial charge in [-0.25, -0.2) is 0 Å². The van der Waals surface area contributed by atoms with Gasteiger partial charge in [-0.2, -0.15) is 0 Å². The van der Waals surface area contributed by atoms with E-state index in [2.05, 4.69) is 33.2 Å². The number of benzene rings is 4. The quantitative estimate of drug-likeness (QED) is 0.299. The van der Waals surface area contributed by atoms with Crippen molar-refractivity contribution in [2.75, 3.05) is 5.43 Å². The predicted molar refractivity (Wildman–Crippen MR) is 133 cm³/mol. The second kappa shape index (κ2) is 8.53. The Morgan fingerprint density at radius 3 is 2.35 bits per heavy atom. The van der Waals surface area contributed by atoms with Crippen LogP contribution in [0, 0.1) is 0 Å². The Morgan fingerprint density at radius 1 is 0.735 bits per heavy atom. The summed E-state index contributed by atoms with van der Waals surface area (Å²) in [5, 5.41) is 10.7. The van der Waals surface area contributed by atoms with Crippen molar-refractivity contribution >= 4 is 34.3 Å². The van der Waals surface area contributed by atoms with E-state index in [9.17, 15) is 4.79 Å². The number of hydrogen-bond acceptors (Lipinski definition) is 6. The third-order valence-corrected chi connectivity index (χ3v) is 6.62. The summed E-state index contributed by atoms with van der Waals surface area (Å²) in [4.78, 5) is 14.5. The van der Waals surface area contributed by atoms with E-state index in [0.717, 1.165) is 43.3 Å². The number of anilines is 1. The maximum Gasteiger partial charge on any atom is 0.269 e. The second-order valence-electron chi connectivity index (χ2n) is 7.70. The summed E-state index contributed by atoms with van der Waals surface area (Å²) in [5.74, 6) is 1.92. The third kappa shape index (κ3) is 3.72. The van der Waals surface area contributed by atoms with E-state index in [1.54, 1.807) is 23.9 Å². The number of carbonyl (C=O) groups excluding carboxylic acids is 1. The summed E-state index contributed by atoms with van der Waals surface area (Å²) in [6.45, 7) is 0. The van der Waals surface area contributed by atoms with Crippen molar-refractivity contribution in [3.8, 4) is 22.8 Å². The Labute approximate surface area is 200 Å². The van der Waals surface area contributed by atoms with E-state index in [-0.39, 0.29) is 5.91 Å². The van der Waals surface area contributed by atoms with Crippen molar-refractivity contribution < 1.29 is 9.53 Å². The van der Waals surface area contributed by atoms with E-state index < -0.39 is 0 Å². The zero-order valence-electron chi connectivity index (χ0n) is 17.9. The summed E-state index contributed by atoms with van der Waals surface area (Å²) in [5.41, 5.74) is 7.89. The van der Waals surface area contributed by atoms with E-state index >= 15 is 0 Å². The predicted octanol–water partition coefficient (Wildman–Crippen LogP) is 6.31. The van der Waals surface area contributed by atoms with Gasteiger partial charge in [-0.15, -0.1) is 10.2 Å². The molecular formula is C27H18N4O2S. The Balaban J connectivity index is 1.32. The van der Waals surface area contributed by atoms with Crippen molar-refractivity contribution in [2.24, 2.45) is 0 Å². The molecule has 0 saturated carbocycles. The van der Waals surface area contributed by atoms with Crippen LogP contribution in [0.15, 0.2) is 107 Å². The fourth-order valence-electron chi connectivity index (χ4n) is 3.86. The lowest BCUT2D eigenvalue weighted by atomic mass is 10.0. The molecule has 1 aromatic heterocycles. The minimum Gasteiger partial charge on any atom is -0.455 e. The molecule has 1 aliphatic rings. The lowest BCUT2D eigenvalue weighted by Crippen LogP contribution is -2.30. The molecule has 1 aliphatic heterocycles. The molecule has 4 aromatic carbocycles. The fourth-order valence-corrected chi connectivity index (χ4v) is 4.85. The molecule has 34 heavy (non-hydrogen) atoms. The maximum atomic E-state index is 12.4. The fraction of sp³-hybridized carbons (Fsp3) is 0. The average Bonchev–Trinajstić information content (AvgIpc) is 2.90. The molecular weight excluding hydrogens is 444 g/mol. The number of hydrazine groups is 1. The van der Waals surface area contributed by atoms with Crippen molar-refractivity contribution in [3.63, 3.8) is 0 Å². The van der Waals surface area contributed by atoms with Gasteiger partial charge in [0.15, 0.2) is 5.82 Å². The molecule has 0 atom stereocenters. The van der Waals surface area contributed by atoms with Crippen LogP contribution in [0.4, 0.5) is 5.82 Å². The molecule has 0 spiro atoms. The van der Waals surface area contributed by atoms with E-state index in [4.69, 9.17) is 4.74 Å². The Kier molecular flexibility index (Phi) is 5.08. The summed E-state index contributed by atoms with van der Waals surface area (Å²) >= 11 is 1.68. The SMILES string of the molecule is O=C(NNc1nnc(-c2ccc3c(c2)Sc2ccccc2O3)c2ccccc12)c1ccccc1. The minimum absolute atomic E-state index is 0.248. The number of amides is 1. The van der Waals surface area contributed by atoms with Gasteiger partial charge in [-0.1, -0.05) is 66.4 Å². The summed E-state index contributed by atoms with van der Waals surface area (Å²) in [7, 11) is 0. The van der Waals surface area contributed by atoms with Crippen LogP contribution in [0.1, 0.15) is 10.4 Å². The molecule has 6 rings (SSSR count). The molecule has 0 saturated heterocycles. The van der Waals surface area contributed by atoms with Gasteiger partial charge < -0.3 is 4.74 Å². The summed E-state index contributed by atoms with van der Waals surface area (Å²) < 4.78 is 6.06. The number of nitrogens with zero attached hydrogens (tertiary/aromatic N) is 2. The van der Waals surface area contributed by atoms with Crippen LogP contribution in [0.2, 0.25) is 0 Å². The van der Waals surface area contributed by atoms with E-state index in [1.165, 1.54) is 0 Å². The van der Waals surface area contributed by atoms with Crippen molar-refractivity contribution in [1.29, 1.82) is 0 Å². The lowest BCUT2D eigenvalue weighted by Gasteiger charge is -2.20. The molecule has 6 nitrogen and oxygen atoms in total. The van der Waals surface area contributed by atoms with E-state index in [0.29, 0.717) is 11.4 Å². The molecule has 1 amide bonds. The monoisotopic (exact) mass is 462 g/mol. The third-order valence-electron chi connectivity index (χ3n) is 5.52. The van der Waals surface area contributed by atoms with Crippen LogP contribution >= 0.6 is 11.8 Å². The number of rotatable bonds is 4. The zero-order valence-corrected chi connectivity index (χ0v) is 18.7. The van der Waals surface area contributed by atoms with E-state index in [1.807, 2.05) is 72.8 Å². The topological polar surface area (TPSA) is 76.1 Å². The minimum atomic E-state index is -0.248. The van der Waals surface area contributed by atoms with Gasteiger partial charge in [0.05, 0.1) is 9.79 Å². The number of ether oxygens (including phenoxy) is 1. The van der Waals surface area contributed by atoms with Gasteiger partial charge in [-0.3, -0.25) is 15.6 Å². The van der Waals surface area contributed by atoms with Crippen LogP contribution < -0.4 is 15.6 Å². The Hall–Kier alpha value is -4.36. The highest BCUT2D eigenvalue weighted by Crippen LogP contribution is 2.48. The first-order chi connectivity index (χ1) is 16.8. The molecule has 0 unspecified atom stereocenters. The number of nitrogens with one attached hydrogen (secondary N) is 2. The van der Waals surface area contributed by atoms with Crippen LogP contribution in [-0.4, -0.2) is 16.1 Å². The first kappa shape index (κ1) is 20.3. The highest BCUT2D eigenvalue weighted by molar-refractivity contribution is 7.99. The molecule has 5 aromatic rings. The normalized spacial score (nSPS) is 11.8. The van der Waals surface area contributed by atoms with Gasteiger partial charge in [0.25, 0.3) is 5.91 Å². The molecule has 2 heterocycles. The average molecular weight is 463 g/mol. The summed E-state index contributed by atoms with van der Waals surface area (Å²) in [6, 6.07) is 30.9. The number of para-hydroxylation sites is 1. The molecule has 0 aliphatic carbocycles. The zero-order chi connectivity index (χ0) is 22.9. The second-order valence-corrected chi connectivity index (χ2v) is 8.78. The Bertz CT molecular complexity index is 1540. The summed E-state index contributed by atoms with van der Waals surface area (Å²) in [6.07, 6.45) is 0. The molecule has 0 fully saturated rings. The van der Waals surface area contributed by atoms with Gasteiger partial charge >= 0.3 is 0 Å². The van der Waals surface area contributed by atoms with Gasteiger partial charge in [0.2, 0.25) is 0 Å². The largest absolute Gasteiger partial charge is 0.455 e. The maximum absolute atomic E-state index is 12.4. The molecule has 0 bridgehead atoms. The molecule has 164 valence electrons. The molecule has 2 N–H and O–H groups in total.